The number of nitrogen functional groups attached to an aromatic ring is 1. The predicted octanol–water partition coefficient (Wildman–Crippen LogP) is 0.734. The molecule has 1 fully saturated rings. The Balaban J connectivity index is 2.28. The molecule has 7 heteroatoms. The van der Waals surface area contributed by atoms with Gasteiger partial charge in [0.05, 0.1) is 10.6 Å². The van der Waals surface area contributed by atoms with E-state index in [1.807, 2.05) is 7.05 Å². The standard InChI is InChI=1S/C12H18FN3O2S/c1-15-5-2-6-16(8-7-15)19(17,18)10-3-4-12(14)11(13)9-10/h3-4,9H,2,5-8,14H2,1H3. The maximum Gasteiger partial charge on any atom is 0.243 e. The number of hydrogen-bond donors (Lipinski definition) is 1. The van der Waals surface area contributed by atoms with Crippen LogP contribution >= 0.6 is 0 Å². The normalized spacial score (nSPS) is 19.3. The zero-order valence-corrected chi connectivity index (χ0v) is 11.7. The predicted molar refractivity (Wildman–Crippen MR) is 71.7 cm³/mol. The van der Waals surface area contributed by atoms with Crippen LogP contribution in [0.15, 0.2) is 23.1 Å². The summed E-state index contributed by atoms with van der Waals surface area (Å²) in [5.41, 5.74) is 5.32. The van der Waals surface area contributed by atoms with Crippen molar-refractivity contribution in [2.24, 2.45) is 0 Å². The van der Waals surface area contributed by atoms with Crippen molar-refractivity contribution in [1.29, 1.82) is 0 Å². The van der Waals surface area contributed by atoms with Crippen LogP contribution in [0.25, 0.3) is 0 Å². The highest BCUT2D eigenvalue weighted by Gasteiger charge is 2.26. The summed E-state index contributed by atoms with van der Waals surface area (Å²) in [5, 5.41) is 0. The van der Waals surface area contributed by atoms with Gasteiger partial charge in [-0.05, 0) is 38.2 Å². The number of anilines is 1. The molecule has 19 heavy (non-hydrogen) atoms. The van der Waals surface area contributed by atoms with E-state index in [1.54, 1.807) is 0 Å². The quantitative estimate of drug-likeness (QED) is 0.815. The van der Waals surface area contributed by atoms with Crippen molar-refractivity contribution < 1.29 is 12.8 Å². The van der Waals surface area contributed by atoms with Gasteiger partial charge in [-0.25, -0.2) is 12.8 Å². The van der Waals surface area contributed by atoms with E-state index in [0.717, 1.165) is 19.0 Å². The van der Waals surface area contributed by atoms with Crippen molar-refractivity contribution >= 4 is 15.7 Å². The first-order valence-corrected chi connectivity index (χ1v) is 7.59. The molecule has 1 aromatic rings. The molecular weight excluding hydrogens is 269 g/mol. The Morgan fingerprint density at radius 2 is 1.95 bits per heavy atom. The average Bonchev–Trinajstić information content (AvgIpc) is 2.57. The maximum absolute atomic E-state index is 13.4. The largest absolute Gasteiger partial charge is 0.396 e. The van der Waals surface area contributed by atoms with E-state index in [9.17, 15) is 12.8 Å². The van der Waals surface area contributed by atoms with E-state index in [2.05, 4.69) is 4.90 Å². The lowest BCUT2D eigenvalue weighted by molar-refractivity contribution is 0.347. The minimum absolute atomic E-state index is 0.0382. The summed E-state index contributed by atoms with van der Waals surface area (Å²) in [6, 6.07) is 3.62. The zero-order valence-electron chi connectivity index (χ0n) is 10.8. The Bertz CT molecular complexity index is 562. The maximum atomic E-state index is 13.4. The third-order valence-corrected chi connectivity index (χ3v) is 5.18. The Kier molecular flexibility index (Phi) is 4.07. The topological polar surface area (TPSA) is 66.6 Å². The summed E-state index contributed by atoms with van der Waals surface area (Å²) in [6.45, 7) is 2.42. The fourth-order valence-corrected chi connectivity index (χ4v) is 3.56. The summed E-state index contributed by atoms with van der Waals surface area (Å²) >= 11 is 0. The van der Waals surface area contributed by atoms with Gasteiger partial charge in [0.25, 0.3) is 0 Å². The fourth-order valence-electron chi connectivity index (χ4n) is 2.08. The molecule has 0 atom stereocenters. The summed E-state index contributed by atoms with van der Waals surface area (Å²) < 4.78 is 39.6. The SMILES string of the molecule is CN1CCCN(S(=O)(=O)c2ccc(N)c(F)c2)CC1. The summed E-state index contributed by atoms with van der Waals surface area (Å²) in [4.78, 5) is 2.04. The summed E-state index contributed by atoms with van der Waals surface area (Å²) in [6.07, 6.45) is 0.771. The van der Waals surface area contributed by atoms with Crippen LogP contribution in [0.3, 0.4) is 0 Å². The summed E-state index contributed by atoms with van der Waals surface area (Å²) in [7, 11) is -1.68. The lowest BCUT2D eigenvalue weighted by atomic mass is 10.3. The molecule has 1 heterocycles. The average molecular weight is 287 g/mol. The van der Waals surface area contributed by atoms with Crippen molar-refractivity contribution in [2.45, 2.75) is 11.3 Å². The molecule has 0 spiro atoms. The van der Waals surface area contributed by atoms with Crippen molar-refractivity contribution in [3.8, 4) is 0 Å². The van der Waals surface area contributed by atoms with E-state index >= 15 is 0 Å². The molecule has 5 nitrogen and oxygen atoms in total. The number of likely N-dealkylation sites (N-methyl/N-ethyl adjacent to an activating group) is 1. The van der Waals surface area contributed by atoms with Gasteiger partial charge in [-0.1, -0.05) is 0 Å². The number of halogens is 1. The van der Waals surface area contributed by atoms with Gasteiger partial charge < -0.3 is 10.6 Å². The number of sulfonamides is 1. The monoisotopic (exact) mass is 287 g/mol. The lowest BCUT2D eigenvalue weighted by Gasteiger charge is -2.20. The molecule has 0 saturated carbocycles. The van der Waals surface area contributed by atoms with Gasteiger partial charge in [0.1, 0.15) is 5.82 Å². The molecule has 0 aliphatic carbocycles. The first-order chi connectivity index (χ1) is 8.91. The van der Waals surface area contributed by atoms with Crippen LogP contribution in [0, 0.1) is 5.82 Å². The fraction of sp³-hybridized carbons (Fsp3) is 0.500. The van der Waals surface area contributed by atoms with Gasteiger partial charge in [-0.2, -0.15) is 4.31 Å². The van der Waals surface area contributed by atoms with Crippen LogP contribution in [-0.2, 0) is 10.0 Å². The van der Waals surface area contributed by atoms with E-state index < -0.39 is 15.8 Å². The molecule has 0 amide bonds. The molecular formula is C12H18FN3O2S. The molecule has 0 aromatic heterocycles. The second-order valence-corrected chi connectivity index (χ2v) is 6.68. The smallest absolute Gasteiger partial charge is 0.243 e. The van der Waals surface area contributed by atoms with Crippen molar-refractivity contribution in [2.75, 3.05) is 39.0 Å². The molecule has 1 aromatic carbocycles. The molecule has 0 unspecified atom stereocenters. The minimum Gasteiger partial charge on any atom is -0.396 e. The van der Waals surface area contributed by atoms with E-state index in [4.69, 9.17) is 5.73 Å². The number of rotatable bonds is 2. The molecule has 2 rings (SSSR count). The Morgan fingerprint density at radius 1 is 1.21 bits per heavy atom. The minimum atomic E-state index is -3.64. The molecule has 0 bridgehead atoms. The Labute approximate surface area is 112 Å². The van der Waals surface area contributed by atoms with Gasteiger partial charge in [-0.3, -0.25) is 0 Å². The summed E-state index contributed by atoms with van der Waals surface area (Å²) in [5.74, 6) is -0.701. The van der Waals surface area contributed by atoms with Gasteiger partial charge in [0.15, 0.2) is 0 Å². The van der Waals surface area contributed by atoms with E-state index in [1.165, 1.54) is 16.4 Å². The van der Waals surface area contributed by atoms with Crippen LogP contribution in [0.4, 0.5) is 10.1 Å². The number of nitrogens with zero attached hydrogens (tertiary/aromatic N) is 2. The van der Waals surface area contributed by atoms with Gasteiger partial charge in [-0.15, -0.1) is 0 Å². The van der Waals surface area contributed by atoms with Crippen LogP contribution in [0.5, 0.6) is 0 Å². The van der Waals surface area contributed by atoms with E-state index in [-0.39, 0.29) is 10.6 Å². The third kappa shape index (κ3) is 3.05. The molecule has 2 N–H and O–H groups in total. The highest BCUT2D eigenvalue weighted by Crippen LogP contribution is 2.21. The van der Waals surface area contributed by atoms with Crippen LogP contribution in [-0.4, -0.2) is 50.8 Å². The Hall–Kier alpha value is -1.18. The van der Waals surface area contributed by atoms with Crippen LogP contribution in [0.1, 0.15) is 6.42 Å². The Morgan fingerprint density at radius 3 is 2.63 bits per heavy atom. The second kappa shape index (κ2) is 5.44. The lowest BCUT2D eigenvalue weighted by Crippen LogP contribution is -2.34. The van der Waals surface area contributed by atoms with Crippen LogP contribution in [0.2, 0.25) is 0 Å². The van der Waals surface area contributed by atoms with Gasteiger partial charge >= 0.3 is 0 Å². The first kappa shape index (κ1) is 14.2. The van der Waals surface area contributed by atoms with Crippen molar-refractivity contribution in [1.82, 2.24) is 9.21 Å². The second-order valence-electron chi connectivity index (χ2n) is 4.74. The van der Waals surface area contributed by atoms with Crippen molar-refractivity contribution in [3.05, 3.63) is 24.0 Å². The highest BCUT2D eigenvalue weighted by molar-refractivity contribution is 7.89. The third-order valence-electron chi connectivity index (χ3n) is 3.29. The molecule has 0 radical (unpaired) electrons. The molecule has 1 saturated heterocycles. The van der Waals surface area contributed by atoms with Crippen molar-refractivity contribution in [3.63, 3.8) is 0 Å². The number of benzene rings is 1. The number of nitrogens with two attached hydrogens (primary N) is 1. The van der Waals surface area contributed by atoms with Crippen LogP contribution < -0.4 is 5.73 Å². The van der Waals surface area contributed by atoms with E-state index in [0.29, 0.717) is 19.6 Å². The molecule has 1 aliphatic heterocycles. The zero-order chi connectivity index (χ0) is 14.0. The van der Waals surface area contributed by atoms with Gasteiger partial charge in [0.2, 0.25) is 10.0 Å². The number of hydrogen-bond acceptors (Lipinski definition) is 4. The highest BCUT2D eigenvalue weighted by atomic mass is 32.2. The molecule has 1 aliphatic rings. The molecule has 106 valence electrons. The van der Waals surface area contributed by atoms with Gasteiger partial charge in [0, 0.05) is 19.6 Å². The first-order valence-electron chi connectivity index (χ1n) is 6.15.